The Bertz CT molecular complexity index is 922. The summed E-state index contributed by atoms with van der Waals surface area (Å²) in [4.78, 5) is 19.4. The van der Waals surface area contributed by atoms with Crippen molar-refractivity contribution in [2.45, 2.75) is 26.9 Å². The van der Waals surface area contributed by atoms with Gasteiger partial charge in [0.15, 0.2) is 0 Å². The van der Waals surface area contributed by atoms with E-state index in [1.54, 1.807) is 0 Å². The fraction of sp³-hybridized carbons (Fsp3) is 0.273. The number of aromatic nitrogens is 2. The highest BCUT2D eigenvalue weighted by Crippen LogP contribution is 2.29. The maximum Gasteiger partial charge on any atom is 0.353 e. The number of hydrogen-bond donors (Lipinski definition) is 2. The predicted molar refractivity (Wildman–Crippen MR) is 119 cm³/mol. The molecule has 0 atom stereocenters. The minimum absolute atomic E-state index is 0.156. The zero-order chi connectivity index (χ0) is 22.1. The van der Waals surface area contributed by atoms with Crippen molar-refractivity contribution in [1.29, 1.82) is 0 Å². The third-order valence-electron chi connectivity index (χ3n) is 4.39. The van der Waals surface area contributed by atoms with Crippen LogP contribution in [0.25, 0.3) is 0 Å². The first-order valence-electron chi connectivity index (χ1n) is 10.0. The van der Waals surface area contributed by atoms with Crippen molar-refractivity contribution in [3.8, 4) is 11.5 Å². The van der Waals surface area contributed by atoms with E-state index in [2.05, 4.69) is 20.6 Å². The molecular formula is C22H25N5O4. The third kappa shape index (κ3) is 6.05. The molecule has 0 aliphatic carbocycles. The lowest BCUT2D eigenvalue weighted by Crippen LogP contribution is -2.10. The van der Waals surface area contributed by atoms with Crippen LogP contribution in [-0.4, -0.2) is 28.1 Å². The molecule has 0 aliphatic heterocycles. The van der Waals surface area contributed by atoms with Crippen LogP contribution in [-0.2, 0) is 13.1 Å². The van der Waals surface area contributed by atoms with Gasteiger partial charge in [-0.1, -0.05) is 24.3 Å². The average molecular weight is 423 g/mol. The molecule has 2 N–H and O–H groups in total. The first kappa shape index (κ1) is 21.8. The lowest BCUT2D eigenvalue weighted by molar-refractivity contribution is -0.383. The SMILES string of the molecule is CCOc1ccc(CNc2ncnc(NCc3ccc(OCC)cc3)c2[N+](=O)[O-])cc1. The van der Waals surface area contributed by atoms with E-state index in [0.717, 1.165) is 22.6 Å². The van der Waals surface area contributed by atoms with Gasteiger partial charge in [-0.2, -0.15) is 0 Å². The quantitative estimate of drug-likeness (QED) is 0.345. The van der Waals surface area contributed by atoms with Gasteiger partial charge in [-0.15, -0.1) is 0 Å². The predicted octanol–water partition coefficient (Wildman–Crippen LogP) is 4.41. The summed E-state index contributed by atoms with van der Waals surface area (Å²) in [5, 5.41) is 17.8. The molecule has 0 saturated carbocycles. The highest BCUT2D eigenvalue weighted by atomic mass is 16.6. The van der Waals surface area contributed by atoms with Gasteiger partial charge < -0.3 is 20.1 Å². The Hall–Kier alpha value is -3.88. The summed E-state index contributed by atoms with van der Waals surface area (Å²) in [7, 11) is 0. The van der Waals surface area contributed by atoms with E-state index >= 15 is 0 Å². The van der Waals surface area contributed by atoms with Crippen LogP contribution in [0, 0.1) is 10.1 Å². The number of nitrogens with zero attached hydrogens (tertiary/aromatic N) is 3. The molecule has 0 radical (unpaired) electrons. The van der Waals surface area contributed by atoms with Crippen molar-refractivity contribution in [3.63, 3.8) is 0 Å². The van der Waals surface area contributed by atoms with E-state index in [-0.39, 0.29) is 17.3 Å². The molecule has 9 heteroatoms. The summed E-state index contributed by atoms with van der Waals surface area (Å²) in [5.41, 5.74) is 1.69. The van der Waals surface area contributed by atoms with Gasteiger partial charge in [0, 0.05) is 13.1 Å². The lowest BCUT2D eigenvalue weighted by atomic mass is 10.2. The lowest BCUT2D eigenvalue weighted by Gasteiger charge is -2.11. The fourth-order valence-electron chi connectivity index (χ4n) is 2.92. The van der Waals surface area contributed by atoms with Gasteiger partial charge in [0.25, 0.3) is 0 Å². The number of ether oxygens (including phenoxy) is 2. The summed E-state index contributed by atoms with van der Waals surface area (Å²) in [6.45, 7) is 5.79. The molecule has 0 aliphatic rings. The van der Waals surface area contributed by atoms with E-state index in [0.29, 0.717) is 26.3 Å². The average Bonchev–Trinajstić information content (AvgIpc) is 2.78. The molecule has 3 aromatic rings. The normalized spacial score (nSPS) is 10.4. The van der Waals surface area contributed by atoms with Crippen molar-refractivity contribution >= 4 is 17.3 Å². The van der Waals surface area contributed by atoms with Gasteiger partial charge >= 0.3 is 5.69 Å². The molecule has 3 rings (SSSR count). The van der Waals surface area contributed by atoms with Gasteiger partial charge in [0.2, 0.25) is 11.6 Å². The van der Waals surface area contributed by atoms with E-state index in [9.17, 15) is 10.1 Å². The van der Waals surface area contributed by atoms with E-state index in [1.165, 1.54) is 6.33 Å². The summed E-state index contributed by atoms with van der Waals surface area (Å²) in [6.07, 6.45) is 1.30. The number of nitrogens with one attached hydrogen (secondary N) is 2. The zero-order valence-corrected chi connectivity index (χ0v) is 17.5. The molecule has 0 bridgehead atoms. The van der Waals surface area contributed by atoms with Gasteiger partial charge in [-0.25, -0.2) is 9.97 Å². The minimum atomic E-state index is -0.485. The van der Waals surface area contributed by atoms with Crippen LogP contribution in [0.15, 0.2) is 54.9 Å². The Kier molecular flexibility index (Phi) is 7.58. The second kappa shape index (κ2) is 10.8. The van der Waals surface area contributed by atoms with Gasteiger partial charge in [0.05, 0.1) is 18.1 Å². The molecule has 1 heterocycles. The summed E-state index contributed by atoms with van der Waals surface area (Å²) < 4.78 is 10.9. The summed E-state index contributed by atoms with van der Waals surface area (Å²) in [5.74, 6) is 1.87. The number of nitro groups is 1. The van der Waals surface area contributed by atoms with Crippen LogP contribution in [0.4, 0.5) is 17.3 Å². The summed E-state index contributed by atoms with van der Waals surface area (Å²) >= 11 is 0. The first-order valence-corrected chi connectivity index (χ1v) is 10.0. The number of hydrogen-bond acceptors (Lipinski definition) is 8. The Labute approximate surface area is 180 Å². The molecule has 0 spiro atoms. The topological polar surface area (TPSA) is 111 Å². The molecule has 0 amide bonds. The highest BCUT2D eigenvalue weighted by molar-refractivity contribution is 5.69. The van der Waals surface area contributed by atoms with Gasteiger partial charge in [0.1, 0.15) is 17.8 Å². The highest BCUT2D eigenvalue weighted by Gasteiger charge is 2.22. The van der Waals surface area contributed by atoms with Crippen LogP contribution >= 0.6 is 0 Å². The third-order valence-corrected chi connectivity index (χ3v) is 4.39. The maximum atomic E-state index is 11.7. The fourth-order valence-corrected chi connectivity index (χ4v) is 2.92. The summed E-state index contributed by atoms with van der Waals surface area (Å²) in [6, 6.07) is 15.0. The standard InChI is InChI=1S/C22H25N5O4/c1-3-30-18-9-5-16(6-10-18)13-23-21-20(27(28)29)22(26-15-25-21)24-14-17-7-11-19(12-8-17)31-4-2/h5-12,15H,3-4,13-14H2,1-2H3,(H2,23,24,25,26). The smallest absolute Gasteiger partial charge is 0.353 e. The molecule has 9 nitrogen and oxygen atoms in total. The van der Waals surface area contributed by atoms with Crippen molar-refractivity contribution < 1.29 is 14.4 Å². The Balaban J connectivity index is 1.69. The van der Waals surface area contributed by atoms with Gasteiger partial charge in [-0.05, 0) is 49.2 Å². The number of rotatable bonds is 11. The Morgan fingerprint density at radius 2 is 1.23 bits per heavy atom. The molecule has 0 unspecified atom stereocenters. The van der Waals surface area contributed by atoms with Crippen molar-refractivity contribution in [2.24, 2.45) is 0 Å². The monoisotopic (exact) mass is 423 g/mol. The number of benzene rings is 2. The van der Waals surface area contributed by atoms with Crippen molar-refractivity contribution in [2.75, 3.05) is 23.8 Å². The first-order chi connectivity index (χ1) is 15.1. The maximum absolute atomic E-state index is 11.7. The van der Waals surface area contributed by atoms with Crippen LogP contribution in [0.1, 0.15) is 25.0 Å². The molecule has 0 fully saturated rings. The number of anilines is 2. The van der Waals surface area contributed by atoms with Gasteiger partial charge in [-0.3, -0.25) is 10.1 Å². The van der Waals surface area contributed by atoms with Crippen molar-refractivity contribution in [1.82, 2.24) is 9.97 Å². The van der Waals surface area contributed by atoms with Crippen LogP contribution in [0.5, 0.6) is 11.5 Å². The van der Waals surface area contributed by atoms with Crippen LogP contribution < -0.4 is 20.1 Å². The molecule has 31 heavy (non-hydrogen) atoms. The Morgan fingerprint density at radius 3 is 1.58 bits per heavy atom. The second-order valence-corrected chi connectivity index (χ2v) is 6.54. The molecule has 162 valence electrons. The zero-order valence-electron chi connectivity index (χ0n) is 17.5. The molecule has 0 saturated heterocycles. The Morgan fingerprint density at radius 1 is 0.806 bits per heavy atom. The van der Waals surface area contributed by atoms with Crippen molar-refractivity contribution in [3.05, 3.63) is 76.1 Å². The van der Waals surface area contributed by atoms with Crippen LogP contribution in [0.3, 0.4) is 0 Å². The van der Waals surface area contributed by atoms with E-state index in [1.807, 2.05) is 62.4 Å². The van der Waals surface area contributed by atoms with Crippen LogP contribution in [0.2, 0.25) is 0 Å². The van der Waals surface area contributed by atoms with E-state index in [4.69, 9.17) is 9.47 Å². The second-order valence-electron chi connectivity index (χ2n) is 6.54. The minimum Gasteiger partial charge on any atom is -0.494 e. The van der Waals surface area contributed by atoms with E-state index < -0.39 is 4.92 Å². The molecule has 2 aromatic carbocycles. The largest absolute Gasteiger partial charge is 0.494 e. The molecule has 1 aromatic heterocycles. The molecular weight excluding hydrogens is 398 g/mol.